The number of methoxy groups -OCH3 is 1. The lowest BCUT2D eigenvalue weighted by Gasteiger charge is -2.35. The number of halogens is 1. The number of carbonyl (C=O) groups is 3. The van der Waals surface area contributed by atoms with Gasteiger partial charge >= 0.3 is 0 Å². The molecule has 3 aliphatic heterocycles. The van der Waals surface area contributed by atoms with Gasteiger partial charge in [0.25, 0.3) is 0 Å². The molecular formula is C28H21ClN2O4. The Kier molecular flexibility index (Phi) is 5.00. The highest BCUT2D eigenvalue weighted by molar-refractivity contribution is 6.31. The molecule has 0 aromatic heterocycles. The molecule has 4 atom stereocenters. The van der Waals surface area contributed by atoms with Gasteiger partial charge in [-0.2, -0.15) is 0 Å². The van der Waals surface area contributed by atoms with Crippen LogP contribution in [0.2, 0.25) is 5.02 Å². The highest BCUT2D eigenvalue weighted by atomic mass is 35.5. The summed E-state index contributed by atoms with van der Waals surface area (Å²) in [6, 6.07) is 20.0. The van der Waals surface area contributed by atoms with E-state index in [1.54, 1.807) is 55.6 Å². The van der Waals surface area contributed by atoms with Crippen molar-refractivity contribution in [2.24, 2.45) is 11.8 Å². The normalized spacial score (nSPS) is 24.3. The summed E-state index contributed by atoms with van der Waals surface area (Å²) in [7, 11) is 1.56. The summed E-state index contributed by atoms with van der Waals surface area (Å²) in [6.45, 7) is 0. The molecular weight excluding hydrogens is 464 g/mol. The van der Waals surface area contributed by atoms with E-state index in [1.807, 2.05) is 41.4 Å². The number of fused-ring (bicyclic) bond motifs is 5. The van der Waals surface area contributed by atoms with E-state index in [-0.39, 0.29) is 17.6 Å². The minimum Gasteiger partial charge on any atom is -0.497 e. The number of hydrogen-bond donors (Lipinski definition) is 0. The van der Waals surface area contributed by atoms with Crippen molar-refractivity contribution in [1.29, 1.82) is 0 Å². The van der Waals surface area contributed by atoms with E-state index in [2.05, 4.69) is 0 Å². The van der Waals surface area contributed by atoms with E-state index in [0.29, 0.717) is 22.0 Å². The smallest absolute Gasteiger partial charge is 0.240 e. The zero-order chi connectivity index (χ0) is 24.3. The number of nitrogens with zero attached hydrogens (tertiary/aromatic N) is 2. The molecule has 2 amide bonds. The Morgan fingerprint density at radius 2 is 1.57 bits per heavy atom. The molecule has 0 radical (unpaired) electrons. The first-order valence-electron chi connectivity index (χ1n) is 11.4. The standard InChI is InChI=1S/C28H21ClN2O4/c1-35-20-12-6-17(7-13-20)26(32)25-23-22(24-21-5-3-2-4-16(21)14-15-30(24)25)27(33)31(28(23)34)19-10-8-18(29)9-11-19/h2-15,22-25H,1H3/t22-,23+,24-,25-/m0/s1. The minimum absolute atomic E-state index is 0.201. The van der Waals surface area contributed by atoms with Crippen LogP contribution in [0.4, 0.5) is 5.69 Å². The third kappa shape index (κ3) is 3.21. The maximum Gasteiger partial charge on any atom is 0.240 e. The zero-order valence-corrected chi connectivity index (χ0v) is 19.6. The molecule has 2 saturated heterocycles. The van der Waals surface area contributed by atoms with Crippen molar-refractivity contribution in [1.82, 2.24) is 4.90 Å². The van der Waals surface area contributed by atoms with E-state index in [0.717, 1.165) is 11.1 Å². The third-order valence-corrected chi connectivity index (χ3v) is 7.44. The number of carbonyl (C=O) groups excluding carboxylic acids is 3. The van der Waals surface area contributed by atoms with Gasteiger partial charge in [0.05, 0.1) is 30.7 Å². The summed E-state index contributed by atoms with van der Waals surface area (Å²) in [5.41, 5.74) is 2.85. The van der Waals surface area contributed by atoms with Gasteiger partial charge in [0.2, 0.25) is 11.8 Å². The zero-order valence-electron chi connectivity index (χ0n) is 18.8. The van der Waals surface area contributed by atoms with E-state index < -0.39 is 23.9 Å². The second-order valence-electron chi connectivity index (χ2n) is 8.91. The number of ketones is 1. The van der Waals surface area contributed by atoms with Gasteiger partial charge in [-0.1, -0.05) is 35.9 Å². The first-order valence-corrected chi connectivity index (χ1v) is 11.7. The fraction of sp³-hybridized carbons (Fsp3) is 0.179. The number of rotatable bonds is 4. The highest BCUT2D eigenvalue weighted by Crippen LogP contribution is 2.53. The Morgan fingerprint density at radius 1 is 0.886 bits per heavy atom. The quantitative estimate of drug-likeness (QED) is 0.395. The predicted octanol–water partition coefficient (Wildman–Crippen LogP) is 4.75. The van der Waals surface area contributed by atoms with Crippen molar-refractivity contribution >= 4 is 41.0 Å². The Bertz CT molecular complexity index is 1380. The van der Waals surface area contributed by atoms with Crippen LogP contribution in [0.15, 0.2) is 79.0 Å². The fourth-order valence-electron chi connectivity index (χ4n) is 5.63. The Balaban J connectivity index is 1.47. The second kappa shape index (κ2) is 8.10. The van der Waals surface area contributed by atoms with Crippen LogP contribution >= 0.6 is 11.6 Å². The molecule has 2 fully saturated rings. The van der Waals surface area contributed by atoms with E-state index in [9.17, 15) is 14.4 Å². The number of benzene rings is 3. The molecule has 3 aliphatic rings. The van der Waals surface area contributed by atoms with Gasteiger partial charge in [0.1, 0.15) is 11.8 Å². The summed E-state index contributed by atoms with van der Waals surface area (Å²) in [6.07, 6.45) is 3.79. The van der Waals surface area contributed by atoms with Gasteiger partial charge in [-0.3, -0.25) is 14.4 Å². The van der Waals surface area contributed by atoms with Crippen LogP contribution in [0, 0.1) is 11.8 Å². The van der Waals surface area contributed by atoms with Crippen molar-refractivity contribution in [3.8, 4) is 5.75 Å². The van der Waals surface area contributed by atoms with E-state index in [4.69, 9.17) is 16.3 Å². The van der Waals surface area contributed by atoms with Gasteiger partial charge in [-0.05, 0) is 65.7 Å². The number of anilines is 1. The molecule has 0 bridgehead atoms. The van der Waals surface area contributed by atoms with Crippen LogP contribution in [0.1, 0.15) is 27.5 Å². The summed E-state index contributed by atoms with van der Waals surface area (Å²) < 4.78 is 5.22. The van der Waals surface area contributed by atoms with E-state index >= 15 is 0 Å². The number of amides is 2. The monoisotopic (exact) mass is 484 g/mol. The molecule has 174 valence electrons. The number of imide groups is 1. The molecule has 3 aromatic rings. The molecule has 6 rings (SSSR count). The Labute approximate surface area is 207 Å². The predicted molar refractivity (Wildman–Crippen MR) is 132 cm³/mol. The third-order valence-electron chi connectivity index (χ3n) is 7.19. The van der Waals surface area contributed by atoms with E-state index in [1.165, 1.54) is 4.90 Å². The lowest BCUT2D eigenvalue weighted by molar-refractivity contribution is -0.123. The largest absolute Gasteiger partial charge is 0.497 e. The highest BCUT2D eigenvalue weighted by Gasteiger charge is 2.64. The van der Waals surface area contributed by atoms with Crippen LogP contribution in [0.5, 0.6) is 5.75 Å². The Hall–Kier alpha value is -3.90. The van der Waals surface area contributed by atoms with Crippen molar-refractivity contribution in [2.75, 3.05) is 12.0 Å². The summed E-state index contributed by atoms with van der Waals surface area (Å²) in [4.78, 5) is 44.7. The van der Waals surface area contributed by atoms with Crippen molar-refractivity contribution in [2.45, 2.75) is 12.1 Å². The summed E-state index contributed by atoms with van der Waals surface area (Å²) >= 11 is 6.03. The first kappa shape index (κ1) is 21.6. The molecule has 35 heavy (non-hydrogen) atoms. The lowest BCUT2D eigenvalue weighted by Crippen LogP contribution is -2.44. The van der Waals surface area contributed by atoms with Crippen LogP contribution in [-0.4, -0.2) is 35.6 Å². The van der Waals surface area contributed by atoms with Gasteiger partial charge in [-0.15, -0.1) is 0 Å². The Morgan fingerprint density at radius 3 is 2.29 bits per heavy atom. The van der Waals surface area contributed by atoms with Crippen molar-refractivity contribution in [3.63, 3.8) is 0 Å². The number of Topliss-reactive ketones (excluding diaryl/α,β-unsaturated/α-hetero) is 1. The van der Waals surface area contributed by atoms with Crippen LogP contribution in [0.3, 0.4) is 0 Å². The minimum atomic E-state index is -0.811. The maximum absolute atomic E-state index is 13.9. The van der Waals surface area contributed by atoms with Gasteiger partial charge in [0.15, 0.2) is 5.78 Å². The maximum atomic E-state index is 13.9. The van der Waals surface area contributed by atoms with Crippen LogP contribution in [0.25, 0.3) is 6.08 Å². The van der Waals surface area contributed by atoms with Gasteiger partial charge < -0.3 is 9.64 Å². The van der Waals surface area contributed by atoms with Crippen molar-refractivity contribution in [3.05, 3.63) is 101 Å². The average Bonchev–Trinajstić information content (AvgIpc) is 3.37. The van der Waals surface area contributed by atoms with Gasteiger partial charge in [-0.25, -0.2) is 4.90 Å². The molecule has 0 unspecified atom stereocenters. The van der Waals surface area contributed by atoms with Crippen LogP contribution < -0.4 is 9.64 Å². The molecule has 0 spiro atoms. The number of hydrogen-bond acceptors (Lipinski definition) is 5. The molecule has 3 heterocycles. The average molecular weight is 485 g/mol. The van der Waals surface area contributed by atoms with Crippen LogP contribution in [-0.2, 0) is 9.59 Å². The number of ether oxygens (including phenoxy) is 1. The molecule has 3 aromatic carbocycles. The fourth-order valence-corrected chi connectivity index (χ4v) is 5.75. The second-order valence-corrected chi connectivity index (χ2v) is 9.35. The molecule has 0 saturated carbocycles. The van der Waals surface area contributed by atoms with Gasteiger partial charge in [0, 0.05) is 16.8 Å². The SMILES string of the molecule is COc1ccc(C(=O)[C@@H]2[C@@H]3C(=O)N(c4ccc(Cl)cc4)C(=O)[C@@H]3[C@@H]3c4ccccc4C=CN23)cc1. The lowest BCUT2D eigenvalue weighted by atomic mass is 9.83. The molecule has 6 nitrogen and oxygen atoms in total. The van der Waals surface area contributed by atoms with Crippen molar-refractivity contribution < 1.29 is 19.1 Å². The topological polar surface area (TPSA) is 66.9 Å². The summed E-state index contributed by atoms with van der Waals surface area (Å²) in [5, 5.41) is 0.512. The summed E-state index contributed by atoms with van der Waals surface area (Å²) in [5.74, 6) is -1.73. The molecule has 0 N–H and O–H groups in total. The molecule has 0 aliphatic carbocycles. The first-order chi connectivity index (χ1) is 17.0. The molecule has 7 heteroatoms.